The molecule has 0 saturated heterocycles. The van der Waals surface area contributed by atoms with E-state index >= 15 is 0 Å². The number of hydrogen-bond donors (Lipinski definition) is 0. The first-order valence-corrected chi connectivity index (χ1v) is 7.71. The number of hydrogen-bond acceptors (Lipinski definition) is 4. The molecule has 0 aliphatic carbocycles. The van der Waals surface area contributed by atoms with Gasteiger partial charge in [-0.25, -0.2) is 22.2 Å². The second kappa shape index (κ2) is 5.76. The van der Waals surface area contributed by atoms with Crippen molar-refractivity contribution in [1.82, 2.24) is 9.55 Å². The van der Waals surface area contributed by atoms with Crippen LogP contribution >= 0.6 is 10.7 Å². The summed E-state index contributed by atoms with van der Waals surface area (Å²) >= 11 is 0. The predicted molar refractivity (Wildman–Crippen MR) is 67.1 cm³/mol. The second-order valence-electron chi connectivity index (χ2n) is 3.80. The van der Waals surface area contributed by atoms with Crippen LogP contribution < -0.4 is 4.74 Å². The van der Waals surface area contributed by atoms with Gasteiger partial charge in [0.05, 0.1) is 12.9 Å². The molecule has 0 spiro atoms. The lowest BCUT2D eigenvalue weighted by Gasteiger charge is -2.11. The number of halogens is 3. The maximum absolute atomic E-state index is 13.6. The van der Waals surface area contributed by atoms with E-state index in [1.54, 1.807) is 17.0 Å². The molecule has 0 N–H and O–H groups in total. The van der Waals surface area contributed by atoms with Gasteiger partial charge in [-0.2, -0.15) is 0 Å². The van der Waals surface area contributed by atoms with Crippen molar-refractivity contribution in [3.05, 3.63) is 42.5 Å². The molecule has 5 nitrogen and oxygen atoms in total. The third-order valence-electron chi connectivity index (χ3n) is 2.39. The van der Waals surface area contributed by atoms with Gasteiger partial charge in [0.2, 0.25) is 0 Å². The molecule has 20 heavy (non-hydrogen) atoms. The van der Waals surface area contributed by atoms with Crippen LogP contribution in [0.1, 0.15) is 0 Å². The molecule has 108 valence electrons. The van der Waals surface area contributed by atoms with E-state index in [0.29, 0.717) is 18.7 Å². The Hall–Kier alpha value is -1.67. The number of nitrogens with zero attached hydrogens (tertiary/aromatic N) is 2. The van der Waals surface area contributed by atoms with Gasteiger partial charge in [0.25, 0.3) is 9.05 Å². The molecule has 2 rings (SSSR count). The van der Waals surface area contributed by atoms with E-state index in [0.717, 1.165) is 0 Å². The molecular formula is C11H9ClF2N2O3S. The van der Waals surface area contributed by atoms with Gasteiger partial charge in [0.15, 0.2) is 11.6 Å². The average molecular weight is 323 g/mol. The summed E-state index contributed by atoms with van der Waals surface area (Å²) in [7, 11) is 0.815. The molecule has 1 aromatic heterocycles. The molecule has 0 aliphatic rings. The Kier molecular flexibility index (Phi) is 4.24. The maximum atomic E-state index is 13.6. The maximum Gasteiger partial charge on any atom is 0.265 e. The number of ether oxygens (including phenoxy) is 1. The van der Waals surface area contributed by atoms with Gasteiger partial charge in [-0.1, -0.05) is 0 Å². The minimum atomic E-state index is -4.31. The van der Waals surface area contributed by atoms with Crippen LogP contribution in [0.25, 0.3) is 0 Å². The summed E-state index contributed by atoms with van der Waals surface area (Å²) in [5.74, 6) is -2.78. The minimum Gasteiger partial charge on any atom is -0.487 e. The monoisotopic (exact) mass is 322 g/mol. The van der Waals surface area contributed by atoms with Crippen molar-refractivity contribution in [2.45, 2.75) is 11.4 Å². The highest BCUT2D eigenvalue weighted by Crippen LogP contribution is 2.30. The highest BCUT2D eigenvalue weighted by Gasteiger charge is 2.22. The van der Waals surface area contributed by atoms with Gasteiger partial charge in [-0.15, -0.1) is 0 Å². The molecule has 0 atom stereocenters. The first-order chi connectivity index (χ1) is 9.38. The van der Waals surface area contributed by atoms with Gasteiger partial charge in [-0.05, 0) is 6.07 Å². The minimum absolute atomic E-state index is 0.0294. The van der Waals surface area contributed by atoms with Gasteiger partial charge < -0.3 is 9.30 Å². The van der Waals surface area contributed by atoms with Crippen LogP contribution in [0.5, 0.6) is 5.75 Å². The van der Waals surface area contributed by atoms with Crippen LogP contribution in [-0.2, 0) is 15.6 Å². The standard InChI is InChI=1S/C11H9ClF2N2O3S/c12-20(17,18)10-6-8(13)5-9(14)11(10)19-4-3-16-2-1-15-7-16/h1-2,5-7H,3-4H2. The summed E-state index contributed by atoms with van der Waals surface area (Å²) in [6, 6.07) is 1.13. The smallest absolute Gasteiger partial charge is 0.265 e. The zero-order valence-corrected chi connectivity index (χ0v) is 11.5. The summed E-state index contributed by atoms with van der Waals surface area (Å²) in [5, 5.41) is 0. The van der Waals surface area contributed by atoms with E-state index in [4.69, 9.17) is 15.4 Å². The van der Waals surface area contributed by atoms with Crippen molar-refractivity contribution in [3.8, 4) is 5.75 Å². The largest absolute Gasteiger partial charge is 0.487 e. The van der Waals surface area contributed by atoms with Crippen LogP contribution in [0.2, 0.25) is 0 Å². The predicted octanol–water partition coefficient (Wildman–Crippen LogP) is 2.17. The third-order valence-corrected chi connectivity index (χ3v) is 3.72. The van der Waals surface area contributed by atoms with Crippen LogP contribution in [0.3, 0.4) is 0 Å². The zero-order valence-electron chi connectivity index (χ0n) is 9.96. The molecule has 0 fully saturated rings. The topological polar surface area (TPSA) is 61.2 Å². The summed E-state index contributed by atoms with van der Waals surface area (Å²) in [4.78, 5) is 3.07. The fraction of sp³-hybridized carbons (Fsp3) is 0.182. The van der Waals surface area contributed by atoms with Crippen molar-refractivity contribution >= 4 is 19.7 Å². The SMILES string of the molecule is O=S(=O)(Cl)c1cc(F)cc(F)c1OCCn1ccnc1. The van der Waals surface area contributed by atoms with Crippen molar-refractivity contribution in [2.24, 2.45) is 0 Å². The number of aromatic nitrogens is 2. The Morgan fingerprint density at radius 1 is 1.35 bits per heavy atom. The van der Waals surface area contributed by atoms with Gasteiger partial charge in [0.1, 0.15) is 17.3 Å². The lowest BCUT2D eigenvalue weighted by atomic mass is 10.3. The van der Waals surface area contributed by atoms with Crippen molar-refractivity contribution in [3.63, 3.8) is 0 Å². The first kappa shape index (κ1) is 14.7. The molecule has 0 aliphatic heterocycles. The molecule has 1 aromatic carbocycles. The van der Waals surface area contributed by atoms with E-state index in [1.807, 2.05) is 0 Å². The molecule has 0 unspecified atom stereocenters. The molecule has 1 heterocycles. The molecule has 0 amide bonds. The highest BCUT2D eigenvalue weighted by atomic mass is 35.7. The number of imidazole rings is 1. The Labute approximate surface area is 118 Å². The highest BCUT2D eigenvalue weighted by molar-refractivity contribution is 8.13. The van der Waals surface area contributed by atoms with E-state index in [-0.39, 0.29) is 6.61 Å². The van der Waals surface area contributed by atoms with Crippen molar-refractivity contribution < 1.29 is 21.9 Å². The number of benzene rings is 1. The fourth-order valence-electron chi connectivity index (χ4n) is 1.53. The van der Waals surface area contributed by atoms with Gasteiger partial charge in [0, 0.05) is 29.1 Å². The molecular weight excluding hydrogens is 314 g/mol. The molecule has 0 saturated carbocycles. The normalized spacial score (nSPS) is 11.6. The Morgan fingerprint density at radius 3 is 2.70 bits per heavy atom. The Balaban J connectivity index is 2.22. The lowest BCUT2D eigenvalue weighted by Crippen LogP contribution is -2.10. The van der Waals surface area contributed by atoms with E-state index < -0.39 is 31.3 Å². The van der Waals surface area contributed by atoms with Crippen LogP contribution in [-0.4, -0.2) is 24.6 Å². The van der Waals surface area contributed by atoms with Crippen LogP contribution in [0.4, 0.5) is 8.78 Å². The summed E-state index contributed by atoms with van der Waals surface area (Å²) in [5.41, 5.74) is 0. The van der Waals surface area contributed by atoms with Crippen LogP contribution in [0.15, 0.2) is 35.7 Å². The zero-order chi connectivity index (χ0) is 14.8. The molecule has 0 bridgehead atoms. The lowest BCUT2D eigenvalue weighted by molar-refractivity contribution is 0.275. The van der Waals surface area contributed by atoms with E-state index in [2.05, 4.69) is 4.98 Å². The van der Waals surface area contributed by atoms with E-state index in [9.17, 15) is 17.2 Å². The van der Waals surface area contributed by atoms with Gasteiger partial charge >= 0.3 is 0 Å². The first-order valence-electron chi connectivity index (χ1n) is 5.40. The average Bonchev–Trinajstić information content (AvgIpc) is 2.83. The van der Waals surface area contributed by atoms with E-state index in [1.165, 1.54) is 6.33 Å². The van der Waals surface area contributed by atoms with Crippen molar-refractivity contribution in [2.75, 3.05) is 6.61 Å². The Bertz CT molecular complexity index is 705. The second-order valence-corrected chi connectivity index (χ2v) is 6.34. The third kappa shape index (κ3) is 3.45. The summed E-state index contributed by atoms with van der Waals surface area (Å²) < 4.78 is 55.9. The molecule has 2 aromatic rings. The summed E-state index contributed by atoms with van der Waals surface area (Å²) in [6.45, 7) is 0.289. The quantitative estimate of drug-likeness (QED) is 0.792. The number of rotatable bonds is 5. The van der Waals surface area contributed by atoms with Crippen LogP contribution in [0, 0.1) is 11.6 Å². The fourth-order valence-corrected chi connectivity index (χ4v) is 2.51. The van der Waals surface area contributed by atoms with Gasteiger partial charge in [-0.3, -0.25) is 0 Å². The Morgan fingerprint density at radius 2 is 2.10 bits per heavy atom. The molecule has 9 heteroatoms. The molecule has 0 radical (unpaired) electrons. The van der Waals surface area contributed by atoms with Crippen molar-refractivity contribution in [1.29, 1.82) is 0 Å². The summed E-state index contributed by atoms with van der Waals surface area (Å²) in [6.07, 6.45) is 4.72.